The molecule has 0 aliphatic carbocycles. The van der Waals surface area contributed by atoms with E-state index in [1.54, 1.807) is 6.20 Å². The Morgan fingerprint density at radius 3 is 2.23 bits per heavy atom. The van der Waals surface area contributed by atoms with Gasteiger partial charge in [-0.05, 0) is 68.1 Å². The van der Waals surface area contributed by atoms with E-state index in [9.17, 15) is 4.79 Å². The van der Waals surface area contributed by atoms with Gasteiger partial charge in [0.1, 0.15) is 11.5 Å². The van der Waals surface area contributed by atoms with Crippen molar-refractivity contribution < 1.29 is 4.79 Å². The Balaban J connectivity index is 1.72. The molecule has 1 aromatic heterocycles. The second-order valence-corrected chi connectivity index (χ2v) is 6.56. The number of anilines is 3. The van der Waals surface area contributed by atoms with E-state index in [4.69, 9.17) is 0 Å². The van der Waals surface area contributed by atoms with Crippen LogP contribution in [0.15, 0.2) is 48.8 Å². The first-order valence-corrected chi connectivity index (χ1v) is 8.47. The van der Waals surface area contributed by atoms with Crippen molar-refractivity contribution in [3.8, 4) is 0 Å². The molecule has 5 heteroatoms. The van der Waals surface area contributed by atoms with Crippen molar-refractivity contribution in [3.05, 3.63) is 76.7 Å². The third kappa shape index (κ3) is 4.25. The summed E-state index contributed by atoms with van der Waals surface area (Å²) < 4.78 is 0. The molecule has 2 N–H and O–H groups in total. The normalized spacial score (nSPS) is 10.5. The Morgan fingerprint density at radius 1 is 0.846 bits per heavy atom. The van der Waals surface area contributed by atoms with Crippen molar-refractivity contribution in [1.29, 1.82) is 0 Å². The van der Waals surface area contributed by atoms with Gasteiger partial charge < -0.3 is 10.6 Å². The number of benzene rings is 2. The zero-order valence-electron chi connectivity index (χ0n) is 15.4. The van der Waals surface area contributed by atoms with Crippen LogP contribution in [0.4, 0.5) is 17.2 Å². The van der Waals surface area contributed by atoms with Crippen LogP contribution in [0, 0.1) is 27.7 Å². The molecule has 132 valence electrons. The van der Waals surface area contributed by atoms with E-state index in [1.807, 2.05) is 58.0 Å². The number of hydrogen-bond donors (Lipinski definition) is 2. The van der Waals surface area contributed by atoms with Crippen LogP contribution in [-0.2, 0) is 0 Å². The van der Waals surface area contributed by atoms with Gasteiger partial charge in [0.25, 0.3) is 5.91 Å². The molecule has 3 aromatic rings. The second kappa shape index (κ2) is 7.35. The lowest BCUT2D eigenvalue weighted by Crippen LogP contribution is -2.15. The van der Waals surface area contributed by atoms with Gasteiger partial charge in [0, 0.05) is 11.4 Å². The minimum Gasteiger partial charge on any atom is -0.339 e. The number of aryl methyl sites for hydroxylation is 4. The third-order valence-electron chi connectivity index (χ3n) is 4.02. The van der Waals surface area contributed by atoms with E-state index < -0.39 is 0 Å². The molecular formula is C21H22N4O. The average molecular weight is 346 g/mol. The maximum atomic E-state index is 12.4. The summed E-state index contributed by atoms with van der Waals surface area (Å²) >= 11 is 0. The Morgan fingerprint density at radius 2 is 1.58 bits per heavy atom. The zero-order chi connectivity index (χ0) is 18.7. The summed E-state index contributed by atoms with van der Waals surface area (Å²) in [5, 5.41) is 6.10. The van der Waals surface area contributed by atoms with Gasteiger partial charge in [-0.15, -0.1) is 0 Å². The van der Waals surface area contributed by atoms with Gasteiger partial charge in [0.05, 0.1) is 12.4 Å². The molecular weight excluding hydrogens is 324 g/mol. The van der Waals surface area contributed by atoms with Gasteiger partial charge in [0.15, 0.2) is 0 Å². The second-order valence-electron chi connectivity index (χ2n) is 6.56. The van der Waals surface area contributed by atoms with Crippen LogP contribution < -0.4 is 10.6 Å². The van der Waals surface area contributed by atoms with Gasteiger partial charge in [-0.1, -0.05) is 18.2 Å². The van der Waals surface area contributed by atoms with Crippen LogP contribution in [0.5, 0.6) is 0 Å². The first-order valence-electron chi connectivity index (χ1n) is 8.47. The monoisotopic (exact) mass is 346 g/mol. The minimum atomic E-state index is -0.274. The maximum absolute atomic E-state index is 12.4. The van der Waals surface area contributed by atoms with E-state index in [0.29, 0.717) is 5.82 Å². The summed E-state index contributed by atoms with van der Waals surface area (Å²) in [4.78, 5) is 20.9. The van der Waals surface area contributed by atoms with Gasteiger partial charge >= 0.3 is 0 Å². The summed E-state index contributed by atoms with van der Waals surface area (Å²) in [5.74, 6) is 0.322. The molecule has 0 atom stereocenters. The fourth-order valence-corrected chi connectivity index (χ4v) is 2.76. The van der Waals surface area contributed by atoms with Crippen molar-refractivity contribution in [1.82, 2.24) is 9.97 Å². The number of amides is 1. The maximum Gasteiger partial charge on any atom is 0.275 e. The first-order chi connectivity index (χ1) is 12.4. The van der Waals surface area contributed by atoms with Crippen LogP contribution in [0.2, 0.25) is 0 Å². The summed E-state index contributed by atoms with van der Waals surface area (Å²) in [6.07, 6.45) is 3.04. The minimum absolute atomic E-state index is 0.274. The van der Waals surface area contributed by atoms with Crippen molar-refractivity contribution in [3.63, 3.8) is 0 Å². The fraction of sp³-hybridized carbons (Fsp3) is 0.190. The summed E-state index contributed by atoms with van der Waals surface area (Å²) in [7, 11) is 0. The number of carbonyl (C=O) groups is 1. The standard InChI is InChI=1S/C21H22N4O/c1-13-5-6-16(4)18(10-13)25-21(26)19-11-23-20(12-22-19)24-17-8-14(2)7-15(3)9-17/h5-12H,1-4H3,(H,23,24)(H,25,26). The number of carbonyl (C=O) groups excluding carboxylic acids is 1. The van der Waals surface area contributed by atoms with Crippen molar-refractivity contribution in [2.75, 3.05) is 10.6 Å². The van der Waals surface area contributed by atoms with E-state index >= 15 is 0 Å². The first kappa shape index (κ1) is 17.6. The highest BCUT2D eigenvalue weighted by Gasteiger charge is 2.10. The quantitative estimate of drug-likeness (QED) is 0.718. The Labute approximate surface area is 153 Å². The number of rotatable bonds is 4. The molecule has 0 saturated heterocycles. The highest BCUT2D eigenvalue weighted by Crippen LogP contribution is 2.19. The predicted molar refractivity (Wildman–Crippen MR) is 105 cm³/mol. The lowest BCUT2D eigenvalue weighted by Gasteiger charge is -2.10. The molecule has 0 fully saturated rings. The molecule has 0 aliphatic heterocycles. The largest absolute Gasteiger partial charge is 0.339 e. The SMILES string of the molecule is Cc1cc(C)cc(Nc2cnc(C(=O)Nc3cc(C)ccc3C)cn2)c1. The van der Waals surface area contributed by atoms with Crippen LogP contribution in [0.25, 0.3) is 0 Å². The molecule has 1 heterocycles. The van der Waals surface area contributed by atoms with Crippen LogP contribution >= 0.6 is 0 Å². The molecule has 0 aliphatic rings. The lowest BCUT2D eigenvalue weighted by molar-refractivity contribution is 0.102. The Kier molecular flexibility index (Phi) is 4.98. The molecule has 0 radical (unpaired) electrons. The van der Waals surface area contributed by atoms with Crippen LogP contribution in [-0.4, -0.2) is 15.9 Å². The molecule has 0 spiro atoms. The van der Waals surface area contributed by atoms with Crippen molar-refractivity contribution in [2.45, 2.75) is 27.7 Å². The highest BCUT2D eigenvalue weighted by molar-refractivity contribution is 6.03. The molecule has 1 amide bonds. The predicted octanol–water partition coefficient (Wildman–Crippen LogP) is 4.71. The van der Waals surface area contributed by atoms with E-state index in [0.717, 1.165) is 22.5 Å². The lowest BCUT2D eigenvalue weighted by atomic mass is 10.1. The van der Waals surface area contributed by atoms with E-state index in [1.165, 1.54) is 17.3 Å². The molecule has 2 aromatic carbocycles. The summed E-state index contributed by atoms with van der Waals surface area (Å²) in [6, 6.07) is 12.1. The molecule has 26 heavy (non-hydrogen) atoms. The summed E-state index contributed by atoms with van der Waals surface area (Å²) in [5.41, 5.74) is 6.44. The van der Waals surface area contributed by atoms with Gasteiger partial charge in [-0.2, -0.15) is 0 Å². The molecule has 0 unspecified atom stereocenters. The van der Waals surface area contributed by atoms with E-state index in [2.05, 4.69) is 26.7 Å². The number of nitrogens with one attached hydrogen (secondary N) is 2. The van der Waals surface area contributed by atoms with Gasteiger partial charge in [-0.25, -0.2) is 9.97 Å². The van der Waals surface area contributed by atoms with Gasteiger partial charge in [0.2, 0.25) is 0 Å². The van der Waals surface area contributed by atoms with Crippen molar-refractivity contribution >= 4 is 23.1 Å². The Bertz CT molecular complexity index is 928. The van der Waals surface area contributed by atoms with Crippen LogP contribution in [0.1, 0.15) is 32.7 Å². The molecule has 5 nitrogen and oxygen atoms in total. The third-order valence-corrected chi connectivity index (χ3v) is 4.02. The smallest absolute Gasteiger partial charge is 0.275 e. The fourth-order valence-electron chi connectivity index (χ4n) is 2.76. The van der Waals surface area contributed by atoms with Gasteiger partial charge in [-0.3, -0.25) is 4.79 Å². The topological polar surface area (TPSA) is 66.9 Å². The number of nitrogens with zero attached hydrogens (tertiary/aromatic N) is 2. The summed E-state index contributed by atoms with van der Waals surface area (Å²) in [6.45, 7) is 8.04. The van der Waals surface area contributed by atoms with E-state index in [-0.39, 0.29) is 11.6 Å². The van der Waals surface area contributed by atoms with Crippen molar-refractivity contribution in [2.24, 2.45) is 0 Å². The molecule has 0 saturated carbocycles. The molecule has 3 rings (SSSR count). The molecule has 0 bridgehead atoms. The zero-order valence-corrected chi connectivity index (χ0v) is 15.4. The number of hydrogen-bond acceptors (Lipinski definition) is 4. The van der Waals surface area contributed by atoms with Crippen LogP contribution in [0.3, 0.4) is 0 Å². The Hall–Kier alpha value is -3.21. The highest BCUT2D eigenvalue weighted by atomic mass is 16.1. The number of aromatic nitrogens is 2. The average Bonchev–Trinajstić information content (AvgIpc) is 2.58.